The summed E-state index contributed by atoms with van der Waals surface area (Å²) in [7, 11) is 0. The van der Waals surface area contributed by atoms with Crippen molar-refractivity contribution in [2.75, 3.05) is 16.4 Å². The zero-order valence-electron chi connectivity index (χ0n) is 11.3. The Hall–Kier alpha value is -3.09. The summed E-state index contributed by atoms with van der Waals surface area (Å²) in [5.74, 6) is -0.862. The lowest BCUT2D eigenvalue weighted by molar-refractivity contribution is -0.114. The second-order valence-electron chi connectivity index (χ2n) is 4.35. The maximum atomic E-state index is 10.9. The standard InChI is InChI=1S/C14H14N4O3/c1-8(19)17-10-2-4-11(5-3-10)18-13-12(15)6-9(7-16-13)14(20)21/h2-7H,15H2,1H3,(H,16,18)(H,17,19)(H,20,21). The van der Waals surface area contributed by atoms with Gasteiger partial charge in [-0.15, -0.1) is 0 Å². The first kappa shape index (κ1) is 14.3. The van der Waals surface area contributed by atoms with Gasteiger partial charge in [0.15, 0.2) is 5.82 Å². The number of carboxylic acid groups (broad SMARTS) is 1. The number of anilines is 4. The Labute approximate surface area is 120 Å². The van der Waals surface area contributed by atoms with E-state index in [0.29, 0.717) is 17.2 Å². The van der Waals surface area contributed by atoms with Gasteiger partial charge in [-0.05, 0) is 30.3 Å². The van der Waals surface area contributed by atoms with E-state index in [1.54, 1.807) is 24.3 Å². The molecule has 0 fully saturated rings. The van der Waals surface area contributed by atoms with Gasteiger partial charge in [0.1, 0.15) is 0 Å². The van der Waals surface area contributed by atoms with Crippen molar-refractivity contribution in [3.05, 3.63) is 42.1 Å². The van der Waals surface area contributed by atoms with Gasteiger partial charge in [0.25, 0.3) is 0 Å². The lowest BCUT2D eigenvalue weighted by Gasteiger charge is -2.09. The highest BCUT2D eigenvalue weighted by molar-refractivity contribution is 5.90. The van der Waals surface area contributed by atoms with E-state index in [1.807, 2.05) is 0 Å². The summed E-state index contributed by atoms with van der Waals surface area (Å²) in [5.41, 5.74) is 7.41. The summed E-state index contributed by atoms with van der Waals surface area (Å²) in [6.07, 6.45) is 1.23. The number of rotatable bonds is 4. The largest absolute Gasteiger partial charge is 0.478 e. The van der Waals surface area contributed by atoms with Crippen molar-refractivity contribution in [3.8, 4) is 0 Å². The molecule has 1 amide bonds. The van der Waals surface area contributed by atoms with Crippen molar-refractivity contribution in [2.24, 2.45) is 0 Å². The van der Waals surface area contributed by atoms with E-state index in [9.17, 15) is 9.59 Å². The summed E-state index contributed by atoms with van der Waals surface area (Å²) < 4.78 is 0. The first-order chi connectivity index (χ1) is 9.95. The third-order valence-electron chi connectivity index (χ3n) is 2.63. The minimum atomic E-state index is -1.08. The molecule has 0 aliphatic rings. The summed E-state index contributed by atoms with van der Waals surface area (Å²) in [5, 5.41) is 14.5. The van der Waals surface area contributed by atoms with Crippen molar-refractivity contribution in [1.29, 1.82) is 0 Å². The average molecular weight is 286 g/mol. The van der Waals surface area contributed by atoms with Gasteiger partial charge in [0.2, 0.25) is 5.91 Å². The number of carbonyl (C=O) groups excluding carboxylic acids is 1. The molecule has 0 atom stereocenters. The van der Waals surface area contributed by atoms with E-state index < -0.39 is 5.97 Å². The zero-order valence-corrected chi connectivity index (χ0v) is 11.3. The lowest BCUT2D eigenvalue weighted by atomic mass is 10.2. The van der Waals surface area contributed by atoms with E-state index >= 15 is 0 Å². The highest BCUT2D eigenvalue weighted by Crippen LogP contribution is 2.22. The SMILES string of the molecule is CC(=O)Nc1ccc(Nc2ncc(C(=O)O)cc2N)cc1. The van der Waals surface area contributed by atoms with Crippen molar-refractivity contribution in [3.63, 3.8) is 0 Å². The van der Waals surface area contributed by atoms with Crippen LogP contribution in [0.2, 0.25) is 0 Å². The molecule has 1 heterocycles. The summed E-state index contributed by atoms with van der Waals surface area (Å²) in [4.78, 5) is 25.7. The Morgan fingerprint density at radius 3 is 2.33 bits per heavy atom. The predicted molar refractivity (Wildman–Crippen MR) is 79.6 cm³/mol. The number of pyridine rings is 1. The molecule has 1 aromatic heterocycles. The minimum Gasteiger partial charge on any atom is -0.478 e. The van der Waals surface area contributed by atoms with Crippen LogP contribution in [0, 0.1) is 0 Å². The highest BCUT2D eigenvalue weighted by Gasteiger charge is 2.08. The van der Waals surface area contributed by atoms with Gasteiger partial charge in [-0.3, -0.25) is 4.79 Å². The molecule has 21 heavy (non-hydrogen) atoms. The van der Waals surface area contributed by atoms with Gasteiger partial charge < -0.3 is 21.5 Å². The lowest BCUT2D eigenvalue weighted by Crippen LogP contribution is -2.06. The average Bonchev–Trinajstić information content (AvgIpc) is 2.42. The van der Waals surface area contributed by atoms with E-state index in [1.165, 1.54) is 19.2 Å². The second-order valence-corrected chi connectivity index (χ2v) is 4.35. The number of hydrogen-bond donors (Lipinski definition) is 4. The second kappa shape index (κ2) is 5.91. The Morgan fingerprint density at radius 2 is 1.81 bits per heavy atom. The van der Waals surface area contributed by atoms with Crippen LogP contribution in [-0.4, -0.2) is 22.0 Å². The Morgan fingerprint density at radius 1 is 1.19 bits per heavy atom. The number of aromatic nitrogens is 1. The van der Waals surface area contributed by atoms with E-state index in [-0.39, 0.29) is 17.2 Å². The number of benzene rings is 1. The van der Waals surface area contributed by atoms with Crippen molar-refractivity contribution in [2.45, 2.75) is 6.92 Å². The predicted octanol–water partition coefficient (Wildman–Crippen LogP) is 2.06. The molecular weight excluding hydrogens is 272 g/mol. The molecule has 0 aliphatic heterocycles. The van der Waals surface area contributed by atoms with Gasteiger partial charge in [-0.25, -0.2) is 9.78 Å². The molecule has 108 valence electrons. The van der Waals surface area contributed by atoms with Crippen LogP contribution < -0.4 is 16.4 Å². The quantitative estimate of drug-likeness (QED) is 0.683. The van der Waals surface area contributed by atoms with Crippen LogP contribution in [-0.2, 0) is 4.79 Å². The molecular formula is C14H14N4O3. The van der Waals surface area contributed by atoms with Crippen molar-refractivity contribution < 1.29 is 14.7 Å². The van der Waals surface area contributed by atoms with E-state index in [4.69, 9.17) is 10.8 Å². The maximum Gasteiger partial charge on any atom is 0.337 e. The number of nitrogens with zero attached hydrogens (tertiary/aromatic N) is 1. The molecule has 2 aromatic rings. The van der Waals surface area contributed by atoms with Crippen LogP contribution in [0.15, 0.2) is 36.5 Å². The van der Waals surface area contributed by atoms with Crippen LogP contribution in [0.5, 0.6) is 0 Å². The van der Waals surface area contributed by atoms with Crippen molar-refractivity contribution in [1.82, 2.24) is 4.98 Å². The summed E-state index contributed by atoms with van der Waals surface area (Å²) >= 11 is 0. The Bertz CT molecular complexity index is 683. The van der Waals surface area contributed by atoms with Crippen LogP contribution in [0.3, 0.4) is 0 Å². The highest BCUT2D eigenvalue weighted by atomic mass is 16.4. The number of aromatic carboxylic acids is 1. The maximum absolute atomic E-state index is 10.9. The molecule has 7 heteroatoms. The minimum absolute atomic E-state index is 0.0269. The van der Waals surface area contributed by atoms with Gasteiger partial charge in [-0.1, -0.05) is 0 Å². The van der Waals surface area contributed by atoms with Crippen LogP contribution in [0.1, 0.15) is 17.3 Å². The molecule has 0 saturated heterocycles. The molecule has 0 radical (unpaired) electrons. The molecule has 1 aromatic carbocycles. The molecule has 2 rings (SSSR count). The smallest absolute Gasteiger partial charge is 0.337 e. The third kappa shape index (κ3) is 3.69. The molecule has 0 unspecified atom stereocenters. The molecule has 5 N–H and O–H groups in total. The number of carboxylic acids is 1. The molecule has 0 aliphatic carbocycles. The van der Waals surface area contributed by atoms with Crippen molar-refractivity contribution >= 4 is 34.8 Å². The van der Waals surface area contributed by atoms with Gasteiger partial charge in [0, 0.05) is 24.5 Å². The number of nitrogen functional groups attached to an aromatic ring is 1. The van der Waals surface area contributed by atoms with Crippen LogP contribution in [0.25, 0.3) is 0 Å². The Balaban J connectivity index is 2.14. The van der Waals surface area contributed by atoms with E-state index in [0.717, 1.165) is 0 Å². The fraction of sp³-hybridized carbons (Fsp3) is 0.0714. The molecule has 0 bridgehead atoms. The fourth-order valence-corrected chi connectivity index (χ4v) is 1.68. The Kier molecular flexibility index (Phi) is 4.03. The van der Waals surface area contributed by atoms with Gasteiger partial charge in [-0.2, -0.15) is 0 Å². The molecule has 0 saturated carbocycles. The number of hydrogen-bond acceptors (Lipinski definition) is 5. The number of amides is 1. The van der Waals surface area contributed by atoms with Crippen LogP contribution >= 0.6 is 0 Å². The normalized spacial score (nSPS) is 9.95. The first-order valence-corrected chi connectivity index (χ1v) is 6.09. The molecule has 0 spiro atoms. The van der Waals surface area contributed by atoms with E-state index in [2.05, 4.69) is 15.6 Å². The third-order valence-corrected chi connectivity index (χ3v) is 2.63. The number of nitrogens with two attached hydrogens (primary N) is 1. The monoisotopic (exact) mass is 286 g/mol. The summed E-state index contributed by atoms with van der Waals surface area (Å²) in [6, 6.07) is 8.29. The van der Waals surface area contributed by atoms with Crippen LogP contribution in [0.4, 0.5) is 22.9 Å². The fourth-order valence-electron chi connectivity index (χ4n) is 1.68. The topological polar surface area (TPSA) is 117 Å². The zero-order chi connectivity index (χ0) is 15.4. The molecule has 7 nitrogen and oxygen atoms in total. The van der Waals surface area contributed by atoms with Gasteiger partial charge in [0.05, 0.1) is 11.3 Å². The number of nitrogens with one attached hydrogen (secondary N) is 2. The van der Waals surface area contributed by atoms with Gasteiger partial charge >= 0.3 is 5.97 Å². The number of carbonyl (C=O) groups is 2. The first-order valence-electron chi connectivity index (χ1n) is 6.09. The summed E-state index contributed by atoms with van der Waals surface area (Å²) in [6.45, 7) is 1.43.